The topological polar surface area (TPSA) is 17.8 Å². The van der Waals surface area contributed by atoms with Crippen molar-refractivity contribution in [2.75, 3.05) is 0 Å². The van der Waals surface area contributed by atoms with Gasteiger partial charge < -0.3 is 0 Å². The molecule has 0 fully saturated rings. The predicted molar refractivity (Wildman–Crippen MR) is 83.2 cm³/mol. The quantitative estimate of drug-likeness (QED) is 0.666. The van der Waals surface area contributed by atoms with Gasteiger partial charge in [0, 0.05) is 11.8 Å². The Labute approximate surface area is 119 Å². The highest BCUT2D eigenvalue weighted by Gasteiger charge is 2.04. The largest absolute Gasteiger partial charge is 0.240 e. The summed E-state index contributed by atoms with van der Waals surface area (Å²) in [4.78, 5) is 0. The van der Waals surface area contributed by atoms with Gasteiger partial charge in [0.25, 0.3) is 0 Å². The summed E-state index contributed by atoms with van der Waals surface area (Å²) in [5.74, 6) is 0. The van der Waals surface area contributed by atoms with Crippen molar-refractivity contribution in [3.05, 3.63) is 71.5 Å². The van der Waals surface area contributed by atoms with Crippen molar-refractivity contribution in [1.82, 2.24) is 9.78 Å². The van der Waals surface area contributed by atoms with Gasteiger partial charge in [0.15, 0.2) is 0 Å². The van der Waals surface area contributed by atoms with Gasteiger partial charge in [-0.05, 0) is 49.6 Å². The van der Waals surface area contributed by atoms with Crippen LogP contribution in [0.25, 0.3) is 16.8 Å². The third kappa shape index (κ3) is 2.50. The average molecular weight is 262 g/mol. The monoisotopic (exact) mass is 262 g/mol. The Hall–Kier alpha value is -2.35. The van der Waals surface area contributed by atoms with Crippen LogP contribution in [0.2, 0.25) is 0 Å². The molecule has 2 nitrogen and oxygen atoms in total. The van der Waals surface area contributed by atoms with Crippen molar-refractivity contribution in [3.63, 3.8) is 0 Å². The van der Waals surface area contributed by atoms with Crippen LogP contribution < -0.4 is 0 Å². The van der Waals surface area contributed by atoms with Crippen LogP contribution in [0.1, 0.15) is 16.7 Å². The fourth-order valence-electron chi connectivity index (χ4n) is 2.52. The van der Waals surface area contributed by atoms with Crippen LogP contribution in [0.5, 0.6) is 0 Å². The maximum absolute atomic E-state index is 4.49. The molecule has 0 N–H and O–H groups in total. The molecule has 0 radical (unpaired) electrons. The molecular formula is C18H18N2. The Balaban J connectivity index is 2.02. The number of nitrogens with zero attached hydrogens (tertiary/aromatic N) is 2. The zero-order chi connectivity index (χ0) is 14.1. The van der Waals surface area contributed by atoms with Crippen LogP contribution in [0.3, 0.4) is 0 Å². The van der Waals surface area contributed by atoms with Gasteiger partial charge in [0.05, 0.1) is 11.9 Å². The fraction of sp³-hybridized carbons (Fsp3) is 0.167. The number of aromatic nitrogens is 2. The lowest BCUT2D eigenvalue weighted by Gasteiger charge is -2.04. The Morgan fingerprint density at radius 2 is 1.55 bits per heavy atom. The van der Waals surface area contributed by atoms with Crippen molar-refractivity contribution in [2.45, 2.75) is 20.8 Å². The van der Waals surface area contributed by atoms with Crippen molar-refractivity contribution in [3.8, 4) is 16.8 Å². The minimum absolute atomic E-state index is 1.11. The molecule has 1 aromatic heterocycles. The van der Waals surface area contributed by atoms with E-state index in [0.29, 0.717) is 0 Å². The average Bonchev–Trinajstić information content (AvgIpc) is 2.87. The summed E-state index contributed by atoms with van der Waals surface area (Å²) in [6, 6.07) is 15.0. The Bertz CT molecular complexity index is 733. The molecule has 0 aliphatic carbocycles. The molecule has 0 saturated carbocycles. The molecule has 0 amide bonds. The molecular weight excluding hydrogens is 244 g/mol. The first kappa shape index (κ1) is 12.7. The third-order valence-electron chi connectivity index (χ3n) is 3.40. The molecule has 1 heterocycles. The van der Waals surface area contributed by atoms with Gasteiger partial charge in [-0.2, -0.15) is 5.10 Å². The first-order chi connectivity index (χ1) is 9.61. The molecule has 0 bridgehead atoms. The van der Waals surface area contributed by atoms with E-state index in [1.54, 1.807) is 0 Å². The number of hydrogen-bond acceptors (Lipinski definition) is 1. The van der Waals surface area contributed by atoms with E-state index in [1.165, 1.54) is 22.3 Å². The molecule has 0 spiro atoms. The summed E-state index contributed by atoms with van der Waals surface area (Å²) in [6.45, 7) is 6.33. The van der Waals surface area contributed by atoms with Crippen molar-refractivity contribution < 1.29 is 0 Å². The highest BCUT2D eigenvalue weighted by Crippen LogP contribution is 2.21. The highest BCUT2D eigenvalue weighted by molar-refractivity contribution is 5.63. The molecule has 100 valence electrons. The number of benzene rings is 2. The van der Waals surface area contributed by atoms with E-state index in [4.69, 9.17) is 0 Å². The second-order valence-electron chi connectivity index (χ2n) is 5.39. The van der Waals surface area contributed by atoms with Gasteiger partial charge in [-0.25, -0.2) is 4.68 Å². The maximum Gasteiger partial charge on any atom is 0.0651 e. The van der Waals surface area contributed by atoms with Crippen molar-refractivity contribution in [1.29, 1.82) is 0 Å². The van der Waals surface area contributed by atoms with E-state index in [2.05, 4.69) is 74.5 Å². The van der Waals surface area contributed by atoms with E-state index >= 15 is 0 Å². The number of rotatable bonds is 2. The summed E-state index contributed by atoms with van der Waals surface area (Å²) in [6.07, 6.45) is 4.01. The summed E-state index contributed by atoms with van der Waals surface area (Å²) in [5, 5.41) is 4.49. The number of aryl methyl sites for hydroxylation is 3. The van der Waals surface area contributed by atoms with E-state index in [1.807, 2.05) is 10.9 Å². The van der Waals surface area contributed by atoms with Gasteiger partial charge >= 0.3 is 0 Å². The first-order valence-electron chi connectivity index (χ1n) is 6.82. The van der Waals surface area contributed by atoms with Crippen LogP contribution in [0.15, 0.2) is 54.9 Å². The smallest absolute Gasteiger partial charge is 0.0651 e. The molecule has 3 aromatic rings. The molecule has 0 saturated heterocycles. The van der Waals surface area contributed by atoms with Crippen LogP contribution in [-0.2, 0) is 0 Å². The van der Waals surface area contributed by atoms with Crippen molar-refractivity contribution >= 4 is 0 Å². The van der Waals surface area contributed by atoms with E-state index in [9.17, 15) is 0 Å². The van der Waals surface area contributed by atoms with E-state index in [-0.39, 0.29) is 0 Å². The van der Waals surface area contributed by atoms with Crippen LogP contribution in [-0.4, -0.2) is 9.78 Å². The molecule has 0 aliphatic rings. The lowest BCUT2D eigenvalue weighted by atomic mass is 10.1. The van der Waals surface area contributed by atoms with Crippen LogP contribution in [0.4, 0.5) is 0 Å². The lowest BCUT2D eigenvalue weighted by Crippen LogP contribution is -1.95. The summed E-state index contributed by atoms with van der Waals surface area (Å²) < 4.78 is 1.94. The van der Waals surface area contributed by atoms with Gasteiger partial charge in [0.1, 0.15) is 0 Å². The second-order valence-corrected chi connectivity index (χ2v) is 5.39. The maximum atomic E-state index is 4.49. The van der Waals surface area contributed by atoms with Gasteiger partial charge in [-0.3, -0.25) is 0 Å². The Morgan fingerprint density at radius 3 is 2.25 bits per heavy atom. The zero-order valence-electron chi connectivity index (χ0n) is 12.1. The van der Waals surface area contributed by atoms with Crippen molar-refractivity contribution in [2.24, 2.45) is 0 Å². The minimum atomic E-state index is 1.11. The molecule has 2 aromatic carbocycles. The Kier molecular flexibility index (Phi) is 3.15. The normalized spacial score (nSPS) is 10.8. The summed E-state index contributed by atoms with van der Waals surface area (Å²) >= 11 is 0. The summed E-state index contributed by atoms with van der Waals surface area (Å²) in [7, 11) is 0. The van der Waals surface area contributed by atoms with Crippen LogP contribution >= 0.6 is 0 Å². The van der Waals surface area contributed by atoms with Gasteiger partial charge in [-0.15, -0.1) is 0 Å². The van der Waals surface area contributed by atoms with E-state index in [0.717, 1.165) is 11.3 Å². The van der Waals surface area contributed by atoms with Gasteiger partial charge in [-0.1, -0.05) is 35.9 Å². The Morgan fingerprint density at radius 1 is 0.800 bits per heavy atom. The molecule has 0 atom stereocenters. The summed E-state index contributed by atoms with van der Waals surface area (Å²) in [5.41, 5.74) is 7.25. The third-order valence-corrected chi connectivity index (χ3v) is 3.40. The highest BCUT2D eigenvalue weighted by atomic mass is 15.3. The molecule has 0 aliphatic heterocycles. The molecule has 20 heavy (non-hydrogen) atoms. The first-order valence-corrected chi connectivity index (χ1v) is 6.82. The van der Waals surface area contributed by atoms with Crippen LogP contribution in [0, 0.1) is 20.8 Å². The van der Waals surface area contributed by atoms with E-state index < -0.39 is 0 Å². The molecule has 3 rings (SSSR count). The second kappa shape index (κ2) is 4.97. The fourth-order valence-corrected chi connectivity index (χ4v) is 2.52. The predicted octanol–water partition coefficient (Wildman–Crippen LogP) is 4.46. The SMILES string of the molecule is Cc1cccc(-c2cnn(-c3cc(C)cc(C)c3)c2)c1. The molecule has 0 unspecified atom stereocenters. The number of hydrogen-bond donors (Lipinski definition) is 0. The zero-order valence-corrected chi connectivity index (χ0v) is 12.1. The molecule has 2 heteroatoms. The lowest BCUT2D eigenvalue weighted by molar-refractivity contribution is 0.878. The minimum Gasteiger partial charge on any atom is -0.240 e. The van der Waals surface area contributed by atoms with Gasteiger partial charge in [0.2, 0.25) is 0 Å². The standard InChI is InChI=1S/C18H18N2/c1-13-5-4-6-16(8-13)17-11-19-20(12-17)18-9-14(2)7-15(3)10-18/h4-12H,1-3H3.